The standard InChI is InChI=1S/C14H24N2O3/c1-2-3-4-5-15-13(17)11-10-12(11)14(18)16-6-8-19-9-7-16/h11-12H,2-10H2,1H3,(H,15,17). The molecule has 1 aliphatic heterocycles. The van der Waals surface area contributed by atoms with Crippen molar-refractivity contribution in [3.63, 3.8) is 0 Å². The van der Waals surface area contributed by atoms with E-state index in [9.17, 15) is 9.59 Å². The summed E-state index contributed by atoms with van der Waals surface area (Å²) in [5.41, 5.74) is 0. The molecule has 1 saturated heterocycles. The molecular formula is C14H24N2O3. The quantitative estimate of drug-likeness (QED) is 0.725. The highest BCUT2D eigenvalue weighted by molar-refractivity contribution is 5.92. The molecule has 2 fully saturated rings. The third-order valence-corrected chi connectivity index (χ3v) is 3.85. The van der Waals surface area contributed by atoms with Crippen molar-refractivity contribution >= 4 is 11.8 Å². The zero-order chi connectivity index (χ0) is 13.7. The van der Waals surface area contributed by atoms with E-state index >= 15 is 0 Å². The molecule has 1 N–H and O–H groups in total. The molecule has 0 aromatic rings. The SMILES string of the molecule is CCCCCNC(=O)C1CC1C(=O)N1CCOCC1. The van der Waals surface area contributed by atoms with Crippen LogP contribution >= 0.6 is 0 Å². The third kappa shape index (κ3) is 3.93. The molecule has 1 heterocycles. The molecule has 0 bridgehead atoms. The van der Waals surface area contributed by atoms with E-state index in [1.54, 1.807) is 0 Å². The van der Waals surface area contributed by atoms with Gasteiger partial charge >= 0.3 is 0 Å². The lowest BCUT2D eigenvalue weighted by Crippen LogP contribution is -2.42. The molecule has 108 valence electrons. The Morgan fingerprint density at radius 1 is 1.21 bits per heavy atom. The summed E-state index contributed by atoms with van der Waals surface area (Å²) in [7, 11) is 0. The van der Waals surface area contributed by atoms with E-state index in [4.69, 9.17) is 4.74 Å². The largest absolute Gasteiger partial charge is 0.378 e. The van der Waals surface area contributed by atoms with Crippen LogP contribution in [-0.4, -0.2) is 49.6 Å². The van der Waals surface area contributed by atoms with Crippen LogP contribution < -0.4 is 5.32 Å². The molecule has 0 spiro atoms. The van der Waals surface area contributed by atoms with Crippen LogP contribution in [-0.2, 0) is 14.3 Å². The van der Waals surface area contributed by atoms with Crippen molar-refractivity contribution in [2.45, 2.75) is 32.6 Å². The van der Waals surface area contributed by atoms with E-state index in [1.807, 2.05) is 4.90 Å². The zero-order valence-electron chi connectivity index (χ0n) is 11.7. The summed E-state index contributed by atoms with van der Waals surface area (Å²) in [4.78, 5) is 25.8. The van der Waals surface area contributed by atoms with Crippen LogP contribution in [0.1, 0.15) is 32.6 Å². The number of nitrogens with one attached hydrogen (secondary N) is 1. The average molecular weight is 268 g/mol. The second-order valence-corrected chi connectivity index (χ2v) is 5.38. The minimum Gasteiger partial charge on any atom is -0.378 e. The highest BCUT2D eigenvalue weighted by Crippen LogP contribution is 2.40. The Labute approximate surface area is 114 Å². The Hall–Kier alpha value is -1.10. The predicted molar refractivity (Wildman–Crippen MR) is 71.5 cm³/mol. The number of carbonyl (C=O) groups excluding carboxylic acids is 2. The minimum absolute atomic E-state index is 0.0581. The maximum Gasteiger partial charge on any atom is 0.226 e. The van der Waals surface area contributed by atoms with Crippen molar-refractivity contribution in [3.05, 3.63) is 0 Å². The lowest BCUT2D eigenvalue weighted by molar-refractivity contribution is -0.138. The third-order valence-electron chi connectivity index (χ3n) is 3.85. The summed E-state index contributed by atoms with van der Waals surface area (Å²) in [6, 6.07) is 0. The fourth-order valence-electron chi connectivity index (χ4n) is 2.49. The molecule has 5 nitrogen and oxygen atoms in total. The summed E-state index contributed by atoms with van der Waals surface area (Å²) in [5, 5.41) is 2.93. The molecule has 19 heavy (non-hydrogen) atoms. The Balaban J connectivity index is 1.67. The Kier molecular flexibility index (Phi) is 5.19. The van der Waals surface area contributed by atoms with Crippen molar-refractivity contribution in [1.29, 1.82) is 0 Å². The average Bonchev–Trinajstić information content (AvgIpc) is 3.24. The first-order valence-electron chi connectivity index (χ1n) is 7.38. The van der Waals surface area contributed by atoms with Gasteiger partial charge in [-0.25, -0.2) is 0 Å². The molecule has 2 aliphatic rings. The Morgan fingerprint density at radius 3 is 2.63 bits per heavy atom. The monoisotopic (exact) mass is 268 g/mol. The number of nitrogens with zero attached hydrogens (tertiary/aromatic N) is 1. The number of hydrogen-bond acceptors (Lipinski definition) is 3. The number of carbonyl (C=O) groups is 2. The highest BCUT2D eigenvalue weighted by atomic mass is 16.5. The molecule has 0 aromatic heterocycles. The van der Waals surface area contributed by atoms with Crippen LogP contribution in [0.5, 0.6) is 0 Å². The second kappa shape index (κ2) is 6.89. The van der Waals surface area contributed by atoms with Gasteiger partial charge in [-0.2, -0.15) is 0 Å². The van der Waals surface area contributed by atoms with Gasteiger partial charge in [-0.15, -0.1) is 0 Å². The van der Waals surface area contributed by atoms with Gasteiger partial charge in [0.05, 0.1) is 25.0 Å². The minimum atomic E-state index is -0.0861. The topological polar surface area (TPSA) is 58.6 Å². The van der Waals surface area contributed by atoms with Gasteiger partial charge in [-0.1, -0.05) is 19.8 Å². The summed E-state index contributed by atoms with van der Waals surface area (Å²) < 4.78 is 5.23. The smallest absolute Gasteiger partial charge is 0.226 e. The number of unbranched alkanes of at least 4 members (excludes halogenated alkanes) is 2. The van der Waals surface area contributed by atoms with E-state index in [0.29, 0.717) is 26.3 Å². The van der Waals surface area contributed by atoms with Crippen molar-refractivity contribution < 1.29 is 14.3 Å². The molecule has 2 rings (SSSR count). The van der Waals surface area contributed by atoms with Gasteiger partial charge in [-0.3, -0.25) is 9.59 Å². The van der Waals surface area contributed by atoms with E-state index in [1.165, 1.54) is 0 Å². The molecule has 2 unspecified atom stereocenters. The molecule has 1 aliphatic carbocycles. The van der Waals surface area contributed by atoms with Gasteiger partial charge in [0, 0.05) is 19.6 Å². The normalized spacial score (nSPS) is 26.1. The van der Waals surface area contributed by atoms with Crippen LogP contribution in [0.3, 0.4) is 0 Å². The van der Waals surface area contributed by atoms with Gasteiger partial charge < -0.3 is 15.0 Å². The van der Waals surface area contributed by atoms with Crippen LogP contribution in [0.25, 0.3) is 0 Å². The first kappa shape index (κ1) is 14.3. The summed E-state index contributed by atoms with van der Waals surface area (Å²) in [5.74, 6) is 0.0287. The van der Waals surface area contributed by atoms with E-state index in [2.05, 4.69) is 12.2 Å². The molecule has 2 atom stereocenters. The molecular weight excluding hydrogens is 244 g/mol. The van der Waals surface area contributed by atoms with Crippen molar-refractivity contribution in [2.75, 3.05) is 32.8 Å². The molecule has 2 amide bonds. The molecule has 5 heteroatoms. The van der Waals surface area contributed by atoms with Gasteiger partial charge in [0.2, 0.25) is 11.8 Å². The Bertz CT molecular complexity index is 327. The zero-order valence-corrected chi connectivity index (χ0v) is 11.7. The maximum absolute atomic E-state index is 12.1. The molecule has 0 radical (unpaired) electrons. The maximum atomic E-state index is 12.1. The first-order chi connectivity index (χ1) is 9.24. The lowest BCUT2D eigenvalue weighted by Gasteiger charge is -2.27. The number of amides is 2. The Morgan fingerprint density at radius 2 is 1.95 bits per heavy atom. The second-order valence-electron chi connectivity index (χ2n) is 5.38. The fourth-order valence-corrected chi connectivity index (χ4v) is 2.49. The predicted octanol–water partition coefficient (Wildman–Crippen LogP) is 0.788. The number of morpholine rings is 1. The van der Waals surface area contributed by atoms with Gasteiger partial charge in [0.25, 0.3) is 0 Å². The number of rotatable bonds is 6. The van der Waals surface area contributed by atoms with Crippen LogP contribution in [0, 0.1) is 11.8 Å². The van der Waals surface area contributed by atoms with Crippen LogP contribution in [0.15, 0.2) is 0 Å². The van der Waals surface area contributed by atoms with Crippen LogP contribution in [0.4, 0.5) is 0 Å². The van der Waals surface area contributed by atoms with E-state index in [-0.39, 0.29) is 23.7 Å². The van der Waals surface area contributed by atoms with Gasteiger partial charge in [-0.05, 0) is 12.8 Å². The van der Waals surface area contributed by atoms with Crippen molar-refractivity contribution in [3.8, 4) is 0 Å². The number of ether oxygens (including phenoxy) is 1. The summed E-state index contributed by atoms with van der Waals surface area (Å²) in [6.07, 6.45) is 4.03. The summed E-state index contributed by atoms with van der Waals surface area (Å²) >= 11 is 0. The van der Waals surface area contributed by atoms with Gasteiger partial charge in [0.1, 0.15) is 0 Å². The van der Waals surface area contributed by atoms with Gasteiger partial charge in [0.15, 0.2) is 0 Å². The molecule has 1 saturated carbocycles. The highest BCUT2D eigenvalue weighted by Gasteiger charge is 2.49. The first-order valence-corrected chi connectivity index (χ1v) is 7.38. The summed E-state index contributed by atoms with van der Waals surface area (Å²) in [6.45, 7) is 5.44. The van der Waals surface area contributed by atoms with E-state index in [0.717, 1.165) is 32.2 Å². The van der Waals surface area contributed by atoms with Crippen LogP contribution in [0.2, 0.25) is 0 Å². The van der Waals surface area contributed by atoms with Crippen molar-refractivity contribution in [1.82, 2.24) is 10.2 Å². The van der Waals surface area contributed by atoms with Crippen molar-refractivity contribution in [2.24, 2.45) is 11.8 Å². The van der Waals surface area contributed by atoms with E-state index < -0.39 is 0 Å². The molecule has 0 aromatic carbocycles. The lowest BCUT2D eigenvalue weighted by atomic mass is 10.2. The number of hydrogen-bond donors (Lipinski definition) is 1. The fraction of sp³-hybridized carbons (Fsp3) is 0.857.